The summed E-state index contributed by atoms with van der Waals surface area (Å²) in [7, 11) is -3.97. The third-order valence-electron chi connectivity index (χ3n) is 4.63. The lowest BCUT2D eigenvalue weighted by Crippen LogP contribution is -2.47. The average molecular weight is 406 g/mol. The molecular weight excluding hydrogens is 378 g/mol. The highest BCUT2D eigenvalue weighted by atomic mass is 32.2. The number of nitrogens with one attached hydrogen (secondary N) is 1. The Morgan fingerprint density at radius 3 is 2.32 bits per heavy atom. The summed E-state index contributed by atoms with van der Waals surface area (Å²) in [6.45, 7) is 12.2. The average Bonchev–Trinajstić information content (AvgIpc) is 2.75. The maximum Gasteiger partial charge on any atom is 0.286 e. The molecule has 0 unspecified atom stereocenters. The predicted molar refractivity (Wildman–Crippen MR) is 109 cm³/mol. The van der Waals surface area contributed by atoms with Gasteiger partial charge in [0.1, 0.15) is 16.2 Å². The molecule has 0 aromatic heterocycles. The predicted octanol–water partition coefficient (Wildman–Crippen LogP) is 3.31. The topological polar surface area (TPSA) is 99.1 Å². The van der Waals surface area contributed by atoms with Crippen LogP contribution >= 0.6 is 0 Å². The Kier molecular flexibility index (Phi) is 4.61. The maximum atomic E-state index is 13.3. The zero-order chi connectivity index (χ0) is 21.1. The van der Waals surface area contributed by atoms with Gasteiger partial charge in [0.05, 0.1) is 11.7 Å². The molecule has 3 rings (SSSR count). The number of aliphatic hydroxyl groups excluding tert-OH is 1. The van der Waals surface area contributed by atoms with Gasteiger partial charge in [0.2, 0.25) is 0 Å². The van der Waals surface area contributed by atoms with Crippen LogP contribution < -0.4 is 5.32 Å². The van der Waals surface area contributed by atoms with Crippen molar-refractivity contribution in [3.8, 4) is 0 Å². The second kappa shape index (κ2) is 6.34. The number of para-hydroxylation sites is 1. The molecule has 2 aliphatic rings. The molecule has 1 aromatic carbocycles. The molecule has 1 amide bonds. The molecule has 0 spiro atoms. The minimum absolute atomic E-state index is 0.0446. The number of anilines is 1. The minimum atomic E-state index is -3.97. The second-order valence-electron chi connectivity index (χ2n) is 9.56. The molecule has 2 N–H and O–H groups in total. The van der Waals surface area contributed by atoms with Crippen LogP contribution in [0.4, 0.5) is 5.69 Å². The summed E-state index contributed by atoms with van der Waals surface area (Å²) in [5.41, 5.74) is -0.391. The Hall–Kier alpha value is -2.35. The SMILES string of the molecule is CC(C)(C)CN1C(=O)C(C2=NS(=O)(=O)c3ccccc3N2)=C(O)[C@@H]1C(C)(C)C. The van der Waals surface area contributed by atoms with Crippen LogP contribution in [0.3, 0.4) is 0 Å². The van der Waals surface area contributed by atoms with Gasteiger partial charge in [-0.15, -0.1) is 4.40 Å². The summed E-state index contributed by atoms with van der Waals surface area (Å²) in [5.74, 6) is -0.706. The summed E-state index contributed by atoms with van der Waals surface area (Å²) in [4.78, 5) is 14.9. The van der Waals surface area contributed by atoms with Crippen molar-refractivity contribution in [1.82, 2.24) is 4.90 Å². The first kappa shape index (κ1) is 20.4. The molecule has 28 heavy (non-hydrogen) atoms. The van der Waals surface area contributed by atoms with Gasteiger partial charge in [-0.1, -0.05) is 53.7 Å². The summed E-state index contributed by atoms with van der Waals surface area (Å²) in [6.07, 6.45) is 0. The van der Waals surface area contributed by atoms with E-state index in [2.05, 4.69) is 9.71 Å². The number of sulfonamides is 1. The van der Waals surface area contributed by atoms with Gasteiger partial charge in [0, 0.05) is 6.54 Å². The number of rotatable bonds is 2. The third-order valence-corrected chi connectivity index (χ3v) is 5.97. The highest BCUT2D eigenvalue weighted by molar-refractivity contribution is 7.90. The highest BCUT2D eigenvalue weighted by Crippen LogP contribution is 2.39. The molecule has 2 aliphatic heterocycles. The maximum absolute atomic E-state index is 13.3. The largest absolute Gasteiger partial charge is 0.509 e. The van der Waals surface area contributed by atoms with Crippen molar-refractivity contribution >= 4 is 27.5 Å². The first-order valence-electron chi connectivity index (χ1n) is 9.18. The van der Waals surface area contributed by atoms with Gasteiger partial charge in [-0.25, -0.2) is 0 Å². The van der Waals surface area contributed by atoms with E-state index in [1.54, 1.807) is 23.1 Å². The lowest BCUT2D eigenvalue weighted by molar-refractivity contribution is -0.129. The molecule has 2 heterocycles. The van der Waals surface area contributed by atoms with E-state index in [1.165, 1.54) is 6.07 Å². The number of amides is 1. The van der Waals surface area contributed by atoms with Crippen LogP contribution in [0.5, 0.6) is 0 Å². The number of carbonyl (C=O) groups is 1. The van der Waals surface area contributed by atoms with Gasteiger partial charge in [-0.05, 0) is 23.0 Å². The van der Waals surface area contributed by atoms with Gasteiger partial charge in [0.15, 0.2) is 5.84 Å². The van der Waals surface area contributed by atoms with Crippen molar-refractivity contribution in [1.29, 1.82) is 0 Å². The van der Waals surface area contributed by atoms with Crippen LogP contribution in [-0.2, 0) is 14.8 Å². The molecule has 0 bridgehead atoms. The minimum Gasteiger partial charge on any atom is -0.509 e. The van der Waals surface area contributed by atoms with Crippen LogP contribution in [0.1, 0.15) is 41.5 Å². The second-order valence-corrected chi connectivity index (χ2v) is 11.1. The number of carbonyl (C=O) groups excluding carboxylic acids is 1. The first-order chi connectivity index (χ1) is 12.7. The molecular formula is C20H27N3O4S. The van der Waals surface area contributed by atoms with Crippen molar-refractivity contribution in [2.24, 2.45) is 15.2 Å². The van der Waals surface area contributed by atoms with Gasteiger partial charge < -0.3 is 15.3 Å². The first-order valence-corrected chi connectivity index (χ1v) is 10.6. The zero-order valence-electron chi connectivity index (χ0n) is 17.1. The molecule has 0 saturated carbocycles. The fraction of sp³-hybridized carbons (Fsp3) is 0.500. The normalized spacial score (nSPS) is 22.1. The van der Waals surface area contributed by atoms with E-state index in [1.807, 2.05) is 41.5 Å². The number of amidine groups is 1. The molecule has 1 aromatic rings. The van der Waals surface area contributed by atoms with Crippen molar-refractivity contribution < 1.29 is 18.3 Å². The lowest BCUT2D eigenvalue weighted by atomic mass is 9.84. The van der Waals surface area contributed by atoms with E-state index in [0.717, 1.165) is 0 Å². The molecule has 1 atom stereocenters. The molecule has 0 radical (unpaired) electrons. The van der Waals surface area contributed by atoms with E-state index < -0.39 is 27.4 Å². The Morgan fingerprint density at radius 2 is 1.75 bits per heavy atom. The van der Waals surface area contributed by atoms with Crippen molar-refractivity contribution in [2.75, 3.05) is 11.9 Å². The van der Waals surface area contributed by atoms with Gasteiger partial charge in [0.25, 0.3) is 15.9 Å². The molecule has 0 saturated heterocycles. The number of hydrogen-bond acceptors (Lipinski definition) is 5. The number of fused-ring (bicyclic) bond motifs is 1. The summed E-state index contributed by atoms with van der Waals surface area (Å²) < 4.78 is 29.0. The summed E-state index contributed by atoms with van der Waals surface area (Å²) in [5, 5.41) is 13.9. The molecule has 7 nitrogen and oxygen atoms in total. The number of aliphatic hydroxyl groups is 1. The van der Waals surface area contributed by atoms with Crippen LogP contribution in [-0.4, -0.2) is 42.8 Å². The van der Waals surface area contributed by atoms with Gasteiger partial charge in [-0.3, -0.25) is 4.79 Å². The Balaban J connectivity index is 2.12. The van der Waals surface area contributed by atoms with Crippen LogP contribution in [0, 0.1) is 10.8 Å². The Labute approximate surface area is 166 Å². The van der Waals surface area contributed by atoms with Gasteiger partial charge >= 0.3 is 0 Å². The number of benzene rings is 1. The number of nitrogens with zero attached hydrogens (tertiary/aromatic N) is 2. The van der Waals surface area contributed by atoms with Crippen LogP contribution in [0.2, 0.25) is 0 Å². The Morgan fingerprint density at radius 1 is 1.14 bits per heavy atom. The fourth-order valence-corrected chi connectivity index (χ4v) is 4.78. The van der Waals surface area contributed by atoms with E-state index in [9.17, 15) is 18.3 Å². The standard InChI is InChI=1S/C20H27N3O4S/c1-19(2,3)11-23-16(20(4,5)6)15(24)14(18(23)25)17-21-12-9-7-8-10-13(12)28(26,27)22-17/h7-10,16,24H,11H2,1-6H3,(H,21,22)/t16-/m1/s1. The van der Waals surface area contributed by atoms with E-state index in [0.29, 0.717) is 12.2 Å². The fourth-order valence-electron chi connectivity index (χ4n) is 3.65. The van der Waals surface area contributed by atoms with E-state index >= 15 is 0 Å². The van der Waals surface area contributed by atoms with E-state index in [4.69, 9.17) is 0 Å². The third kappa shape index (κ3) is 3.53. The molecule has 0 fully saturated rings. The summed E-state index contributed by atoms with van der Waals surface area (Å²) >= 11 is 0. The zero-order valence-corrected chi connectivity index (χ0v) is 17.9. The lowest BCUT2D eigenvalue weighted by Gasteiger charge is -2.38. The van der Waals surface area contributed by atoms with Crippen molar-refractivity contribution in [3.63, 3.8) is 0 Å². The molecule has 8 heteroatoms. The van der Waals surface area contributed by atoms with Crippen LogP contribution in [0.25, 0.3) is 0 Å². The molecule has 0 aliphatic carbocycles. The van der Waals surface area contributed by atoms with Crippen LogP contribution in [0.15, 0.2) is 44.9 Å². The van der Waals surface area contributed by atoms with Crippen molar-refractivity contribution in [3.05, 3.63) is 35.6 Å². The summed E-state index contributed by atoms with van der Waals surface area (Å²) in [6, 6.07) is 5.79. The Bertz CT molecular complexity index is 995. The molecule has 152 valence electrons. The van der Waals surface area contributed by atoms with Crippen molar-refractivity contribution in [2.45, 2.75) is 52.5 Å². The van der Waals surface area contributed by atoms with E-state index in [-0.39, 0.29) is 27.5 Å². The van der Waals surface area contributed by atoms with Gasteiger partial charge in [-0.2, -0.15) is 8.42 Å². The smallest absolute Gasteiger partial charge is 0.286 e. The highest BCUT2D eigenvalue weighted by Gasteiger charge is 2.48. The monoisotopic (exact) mass is 405 g/mol. The quantitative estimate of drug-likeness (QED) is 0.786. The number of hydrogen-bond donors (Lipinski definition) is 2.